The summed E-state index contributed by atoms with van der Waals surface area (Å²) in [5.41, 5.74) is -0.166. The van der Waals surface area contributed by atoms with E-state index in [2.05, 4.69) is 15.0 Å². The Kier molecular flexibility index (Phi) is 1.96. The first kappa shape index (κ1) is 9.32. The Hall–Kier alpha value is -2.24. The molecular formula is C9H7N3O3. The fourth-order valence-electron chi connectivity index (χ4n) is 1.26. The lowest BCUT2D eigenvalue weighted by Crippen LogP contribution is -2.13. The number of aryl methyl sites for hydroxylation is 1. The van der Waals surface area contributed by atoms with E-state index in [0.29, 0.717) is 11.3 Å². The maximum Gasteiger partial charge on any atom is 0.354 e. The minimum absolute atomic E-state index is 0.0421. The van der Waals surface area contributed by atoms with Crippen molar-refractivity contribution in [2.24, 2.45) is 0 Å². The number of H-pyrrole nitrogens is 1. The number of rotatable bonds is 1. The van der Waals surface area contributed by atoms with Gasteiger partial charge in [0.25, 0.3) is 5.56 Å². The Morgan fingerprint density at radius 2 is 2.13 bits per heavy atom. The standard InChI is InChI=1S/C9H7N3O3/c1-4-10-5-2-3-6(9(14)15)12-7(5)8(13)11-4/h2-3H,1H3,(H,14,15)(H,10,11,13). The van der Waals surface area contributed by atoms with Gasteiger partial charge in [-0.15, -0.1) is 0 Å². The van der Waals surface area contributed by atoms with Crippen LogP contribution in [-0.2, 0) is 0 Å². The highest BCUT2D eigenvalue weighted by Gasteiger charge is 2.08. The summed E-state index contributed by atoms with van der Waals surface area (Å²) in [6, 6.07) is 2.78. The minimum atomic E-state index is -1.17. The lowest BCUT2D eigenvalue weighted by molar-refractivity contribution is 0.0691. The van der Waals surface area contributed by atoms with Crippen molar-refractivity contribution in [1.29, 1.82) is 0 Å². The summed E-state index contributed by atoms with van der Waals surface area (Å²) >= 11 is 0. The summed E-state index contributed by atoms with van der Waals surface area (Å²) in [6.07, 6.45) is 0. The average molecular weight is 205 g/mol. The fourth-order valence-corrected chi connectivity index (χ4v) is 1.26. The number of fused-ring (bicyclic) bond motifs is 1. The molecule has 2 heterocycles. The van der Waals surface area contributed by atoms with Crippen LogP contribution in [-0.4, -0.2) is 26.0 Å². The van der Waals surface area contributed by atoms with Crippen molar-refractivity contribution in [3.05, 3.63) is 34.0 Å². The van der Waals surface area contributed by atoms with Gasteiger partial charge in [-0.2, -0.15) is 0 Å². The maximum absolute atomic E-state index is 11.4. The van der Waals surface area contributed by atoms with Crippen molar-refractivity contribution in [2.75, 3.05) is 0 Å². The number of aromatic amines is 1. The molecule has 0 aromatic carbocycles. The Morgan fingerprint density at radius 3 is 2.80 bits per heavy atom. The SMILES string of the molecule is Cc1nc2ccc(C(=O)O)nc2c(=O)[nH]1. The molecule has 0 aliphatic heterocycles. The average Bonchev–Trinajstić information content (AvgIpc) is 2.16. The van der Waals surface area contributed by atoms with E-state index in [-0.39, 0.29) is 11.2 Å². The summed E-state index contributed by atoms with van der Waals surface area (Å²) in [7, 11) is 0. The highest BCUT2D eigenvalue weighted by molar-refractivity contribution is 5.88. The third-order valence-electron chi connectivity index (χ3n) is 1.89. The van der Waals surface area contributed by atoms with E-state index in [9.17, 15) is 9.59 Å². The Bertz CT molecular complexity index is 603. The molecule has 2 aromatic rings. The number of aromatic carboxylic acids is 1. The lowest BCUT2D eigenvalue weighted by Gasteiger charge is -1.98. The molecule has 0 saturated heterocycles. The van der Waals surface area contributed by atoms with Crippen LogP contribution in [0.4, 0.5) is 0 Å². The molecule has 0 bridgehead atoms. The van der Waals surface area contributed by atoms with Crippen molar-refractivity contribution in [3.63, 3.8) is 0 Å². The van der Waals surface area contributed by atoms with E-state index >= 15 is 0 Å². The van der Waals surface area contributed by atoms with Crippen LogP contribution in [0.15, 0.2) is 16.9 Å². The first-order valence-corrected chi connectivity index (χ1v) is 4.19. The number of aromatic nitrogens is 3. The Balaban J connectivity index is 2.83. The molecule has 0 radical (unpaired) electrons. The van der Waals surface area contributed by atoms with Crippen LogP contribution in [0.25, 0.3) is 11.0 Å². The summed E-state index contributed by atoms with van der Waals surface area (Å²) in [6.45, 7) is 1.64. The zero-order chi connectivity index (χ0) is 11.0. The number of carboxylic acid groups (broad SMARTS) is 1. The van der Waals surface area contributed by atoms with Crippen molar-refractivity contribution >= 4 is 17.0 Å². The molecule has 0 atom stereocenters. The van der Waals surface area contributed by atoms with Gasteiger partial charge in [0.1, 0.15) is 11.5 Å². The van der Waals surface area contributed by atoms with Crippen LogP contribution < -0.4 is 5.56 Å². The number of hydrogen-bond donors (Lipinski definition) is 2. The van der Waals surface area contributed by atoms with Crippen LogP contribution in [0, 0.1) is 6.92 Å². The number of nitrogens with zero attached hydrogens (tertiary/aromatic N) is 2. The number of carbonyl (C=O) groups is 1. The molecule has 6 heteroatoms. The molecule has 0 saturated carbocycles. The second kappa shape index (κ2) is 3.16. The van der Waals surface area contributed by atoms with Gasteiger partial charge in [-0.1, -0.05) is 0 Å². The van der Waals surface area contributed by atoms with Gasteiger partial charge in [0.15, 0.2) is 5.52 Å². The highest BCUT2D eigenvalue weighted by atomic mass is 16.4. The van der Waals surface area contributed by atoms with E-state index < -0.39 is 11.5 Å². The number of pyridine rings is 1. The number of carboxylic acids is 1. The zero-order valence-electron chi connectivity index (χ0n) is 7.81. The first-order chi connectivity index (χ1) is 7.08. The monoisotopic (exact) mass is 205 g/mol. The smallest absolute Gasteiger partial charge is 0.354 e. The van der Waals surface area contributed by atoms with Crippen LogP contribution in [0.1, 0.15) is 16.3 Å². The molecule has 2 rings (SSSR count). The summed E-state index contributed by atoms with van der Waals surface area (Å²) in [5.74, 6) is -0.700. The van der Waals surface area contributed by atoms with Crippen LogP contribution in [0.2, 0.25) is 0 Å². The molecule has 0 amide bonds. The third kappa shape index (κ3) is 1.56. The number of hydrogen-bond acceptors (Lipinski definition) is 4. The molecule has 2 N–H and O–H groups in total. The first-order valence-electron chi connectivity index (χ1n) is 4.19. The van der Waals surface area contributed by atoms with E-state index in [1.165, 1.54) is 12.1 Å². The molecule has 0 unspecified atom stereocenters. The molecule has 15 heavy (non-hydrogen) atoms. The molecule has 0 spiro atoms. The van der Waals surface area contributed by atoms with Crippen molar-refractivity contribution in [1.82, 2.24) is 15.0 Å². The topological polar surface area (TPSA) is 95.9 Å². The van der Waals surface area contributed by atoms with E-state index in [4.69, 9.17) is 5.11 Å². The molecule has 0 aliphatic rings. The van der Waals surface area contributed by atoms with Crippen LogP contribution >= 0.6 is 0 Å². The third-order valence-corrected chi connectivity index (χ3v) is 1.89. The predicted molar refractivity (Wildman–Crippen MR) is 51.9 cm³/mol. The Labute approximate surface area is 83.6 Å². The number of nitrogens with one attached hydrogen (secondary N) is 1. The van der Waals surface area contributed by atoms with Gasteiger partial charge in [-0.3, -0.25) is 4.79 Å². The summed E-state index contributed by atoms with van der Waals surface area (Å²) < 4.78 is 0. The Morgan fingerprint density at radius 1 is 1.40 bits per heavy atom. The second-order valence-electron chi connectivity index (χ2n) is 3.02. The highest BCUT2D eigenvalue weighted by Crippen LogP contribution is 2.05. The van der Waals surface area contributed by atoms with Gasteiger partial charge < -0.3 is 10.1 Å². The molecule has 76 valence electrons. The minimum Gasteiger partial charge on any atom is -0.477 e. The van der Waals surface area contributed by atoms with Crippen LogP contribution in [0.5, 0.6) is 0 Å². The fraction of sp³-hybridized carbons (Fsp3) is 0.111. The maximum atomic E-state index is 11.4. The van der Waals surface area contributed by atoms with Crippen molar-refractivity contribution in [3.8, 4) is 0 Å². The largest absolute Gasteiger partial charge is 0.477 e. The summed E-state index contributed by atoms with van der Waals surface area (Å²) in [4.78, 5) is 32.2. The van der Waals surface area contributed by atoms with Crippen molar-refractivity contribution in [2.45, 2.75) is 6.92 Å². The zero-order valence-corrected chi connectivity index (χ0v) is 7.81. The van der Waals surface area contributed by atoms with Gasteiger partial charge in [-0.25, -0.2) is 14.8 Å². The van der Waals surface area contributed by atoms with Crippen LogP contribution in [0.3, 0.4) is 0 Å². The quantitative estimate of drug-likeness (QED) is 0.699. The van der Waals surface area contributed by atoms with Gasteiger partial charge in [0.2, 0.25) is 0 Å². The molecule has 0 aliphatic carbocycles. The van der Waals surface area contributed by atoms with E-state index in [0.717, 1.165) is 0 Å². The molecular weight excluding hydrogens is 198 g/mol. The molecule has 2 aromatic heterocycles. The lowest BCUT2D eigenvalue weighted by atomic mass is 10.3. The van der Waals surface area contributed by atoms with Crippen molar-refractivity contribution < 1.29 is 9.90 Å². The summed E-state index contributed by atoms with van der Waals surface area (Å²) in [5, 5.41) is 8.69. The molecule has 0 fully saturated rings. The predicted octanol–water partition coefficient (Wildman–Crippen LogP) is 0.325. The normalized spacial score (nSPS) is 10.5. The molecule has 6 nitrogen and oxygen atoms in total. The second-order valence-corrected chi connectivity index (χ2v) is 3.02. The van der Waals surface area contributed by atoms with Gasteiger partial charge in [-0.05, 0) is 19.1 Å². The van der Waals surface area contributed by atoms with Gasteiger partial charge in [0.05, 0.1) is 5.52 Å². The van der Waals surface area contributed by atoms with E-state index in [1.54, 1.807) is 6.92 Å². The van der Waals surface area contributed by atoms with Gasteiger partial charge >= 0.3 is 5.97 Å². The van der Waals surface area contributed by atoms with Gasteiger partial charge in [0, 0.05) is 0 Å². The van der Waals surface area contributed by atoms with E-state index in [1.807, 2.05) is 0 Å².